The van der Waals surface area contributed by atoms with Gasteiger partial charge in [-0.15, -0.1) is 0 Å². The molecule has 2 fully saturated rings. The predicted molar refractivity (Wildman–Crippen MR) is 74.1 cm³/mol. The molecule has 0 aromatic rings. The molecule has 2 unspecified atom stereocenters. The van der Waals surface area contributed by atoms with Crippen LogP contribution in [0.15, 0.2) is 0 Å². The second-order valence-electron chi connectivity index (χ2n) is 6.34. The molecule has 0 radical (unpaired) electrons. The van der Waals surface area contributed by atoms with Crippen LogP contribution in [0.4, 0.5) is 0 Å². The largest absolute Gasteiger partial charge is 0.313 e. The average Bonchev–Trinajstić information content (AvgIpc) is 2.68. The van der Waals surface area contributed by atoms with Crippen LogP contribution in [-0.2, 0) is 0 Å². The SMILES string of the molecule is CC1(C)CCCC(NCC2CCCS2)CC1. The second-order valence-corrected chi connectivity index (χ2v) is 7.74. The van der Waals surface area contributed by atoms with Crippen LogP contribution >= 0.6 is 11.8 Å². The summed E-state index contributed by atoms with van der Waals surface area (Å²) in [6.07, 6.45) is 9.92. The van der Waals surface area contributed by atoms with E-state index in [1.165, 1.54) is 57.2 Å². The third-order valence-electron chi connectivity index (χ3n) is 4.23. The van der Waals surface area contributed by atoms with Gasteiger partial charge in [0.15, 0.2) is 0 Å². The highest BCUT2D eigenvalue weighted by molar-refractivity contribution is 8.00. The highest BCUT2D eigenvalue weighted by Crippen LogP contribution is 2.34. The molecule has 1 saturated carbocycles. The highest BCUT2D eigenvalue weighted by Gasteiger charge is 2.24. The van der Waals surface area contributed by atoms with Crippen molar-refractivity contribution in [3.05, 3.63) is 0 Å². The molecule has 2 heteroatoms. The maximum absolute atomic E-state index is 3.82. The first-order valence-corrected chi connectivity index (χ1v) is 8.06. The lowest BCUT2D eigenvalue weighted by Gasteiger charge is -2.22. The molecule has 2 aliphatic rings. The Hall–Kier alpha value is 0.310. The fraction of sp³-hybridized carbons (Fsp3) is 1.00. The van der Waals surface area contributed by atoms with E-state index in [4.69, 9.17) is 0 Å². The average molecular weight is 241 g/mol. The van der Waals surface area contributed by atoms with Gasteiger partial charge in [0.05, 0.1) is 0 Å². The summed E-state index contributed by atoms with van der Waals surface area (Å²) in [4.78, 5) is 0. The minimum absolute atomic E-state index is 0.596. The van der Waals surface area contributed by atoms with Crippen LogP contribution in [0.5, 0.6) is 0 Å². The Bertz CT molecular complexity index is 209. The molecule has 0 amide bonds. The van der Waals surface area contributed by atoms with Crippen LogP contribution < -0.4 is 5.32 Å². The second kappa shape index (κ2) is 5.77. The standard InChI is InChI=1S/C14H27NS/c1-14(2)8-3-5-12(7-9-14)15-11-13-6-4-10-16-13/h12-13,15H,3-11H2,1-2H3. The highest BCUT2D eigenvalue weighted by atomic mass is 32.2. The van der Waals surface area contributed by atoms with Crippen molar-refractivity contribution in [3.63, 3.8) is 0 Å². The summed E-state index contributed by atoms with van der Waals surface area (Å²) in [5, 5.41) is 4.73. The van der Waals surface area contributed by atoms with Gasteiger partial charge in [-0.3, -0.25) is 0 Å². The van der Waals surface area contributed by atoms with Crippen molar-refractivity contribution in [3.8, 4) is 0 Å². The number of hydrogen-bond donors (Lipinski definition) is 1. The maximum atomic E-state index is 3.82. The van der Waals surface area contributed by atoms with Crippen LogP contribution in [0.2, 0.25) is 0 Å². The molecule has 1 heterocycles. The maximum Gasteiger partial charge on any atom is 0.0172 e. The van der Waals surface area contributed by atoms with Gasteiger partial charge >= 0.3 is 0 Å². The zero-order valence-corrected chi connectivity index (χ0v) is 11.7. The zero-order valence-electron chi connectivity index (χ0n) is 10.9. The Morgan fingerprint density at radius 3 is 2.75 bits per heavy atom. The van der Waals surface area contributed by atoms with Crippen LogP contribution in [0.3, 0.4) is 0 Å². The molecule has 1 aliphatic carbocycles. The molecule has 94 valence electrons. The van der Waals surface area contributed by atoms with Gasteiger partial charge < -0.3 is 5.32 Å². The molecule has 1 N–H and O–H groups in total. The molecule has 0 spiro atoms. The molecule has 0 aromatic carbocycles. The van der Waals surface area contributed by atoms with E-state index < -0.39 is 0 Å². The van der Waals surface area contributed by atoms with E-state index in [1.807, 2.05) is 0 Å². The van der Waals surface area contributed by atoms with Gasteiger partial charge in [-0.2, -0.15) is 11.8 Å². The van der Waals surface area contributed by atoms with Gasteiger partial charge in [0.1, 0.15) is 0 Å². The quantitative estimate of drug-likeness (QED) is 0.754. The summed E-state index contributed by atoms with van der Waals surface area (Å²) < 4.78 is 0. The first-order chi connectivity index (χ1) is 7.66. The lowest BCUT2D eigenvalue weighted by molar-refractivity contribution is 0.310. The van der Waals surface area contributed by atoms with Crippen molar-refractivity contribution >= 4 is 11.8 Å². The Morgan fingerprint density at radius 1 is 1.12 bits per heavy atom. The number of nitrogens with one attached hydrogen (secondary N) is 1. The zero-order chi connectivity index (χ0) is 11.4. The first kappa shape index (κ1) is 12.8. The van der Waals surface area contributed by atoms with Gasteiger partial charge in [-0.25, -0.2) is 0 Å². The minimum atomic E-state index is 0.596. The predicted octanol–water partition coefficient (Wildman–Crippen LogP) is 3.83. The van der Waals surface area contributed by atoms with E-state index in [0.29, 0.717) is 5.41 Å². The number of hydrogen-bond acceptors (Lipinski definition) is 2. The fourth-order valence-electron chi connectivity index (χ4n) is 2.97. The molecular weight excluding hydrogens is 214 g/mol. The summed E-state index contributed by atoms with van der Waals surface area (Å²) in [6.45, 7) is 6.13. The molecule has 1 saturated heterocycles. The normalized spacial score (nSPS) is 34.9. The summed E-state index contributed by atoms with van der Waals surface area (Å²) >= 11 is 2.17. The van der Waals surface area contributed by atoms with Crippen LogP contribution in [-0.4, -0.2) is 23.6 Å². The number of rotatable bonds is 3. The van der Waals surface area contributed by atoms with Crippen molar-refractivity contribution in [2.45, 2.75) is 70.1 Å². The van der Waals surface area contributed by atoms with E-state index >= 15 is 0 Å². The van der Waals surface area contributed by atoms with Gasteiger partial charge in [-0.1, -0.05) is 20.3 Å². The van der Waals surface area contributed by atoms with Gasteiger partial charge in [0, 0.05) is 17.8 Å². The van der Waals surface area contributed by atoms with Crippen molar-refractivity contribution in [1.82, 2.24) is 5.32 Å². The van der Waals surface area contributed by atoms with Crippen LogP contribution in [0.1, 0.15) is 58.8 Å². The minimum Gasteiger partial charge on any atom is -0.313 e. The Morgan fingerprint density at radius 2 is 2.00 bits per heavy atom. The van der Waals surface area contributed by atoms with Gasteiger partial charge in [0.25, 0.3) is 0 Å². The van der Waals surface area contributed by atoms with Gasteiger partial charge in [-0.05, 0) is 49.7 Å². The molecular formula is C14H27NS. The fourth-order valence-corrected chi connectivity index (χ4v) is 4.18. The topological polar surface area (TPSA) is 12.0 Å². The third kappa shape index (κ3) is 3.96. The summed E-state index contributed by atoms with van der Waals surface area (Å²) in [6, 6.07) is 0.808. The smallest absolute Gasteiger partial charge is 0.0172 e. The number of thioether (sulfide) groups is 1. The lowest BCUT2D eigenvalue weighted by Crippen LogP contribution is -2.33. The Balaban J connectivity index is 1.69. The molecule has 16 heavy (non-hydrogen) atoms. The van der Waals surface area contributed by atoms with E-state index in [-0.39, 0.29) is 0 Å². The van der Waals surface area contributed by atoms with E-state index in [0.717, 1.165) is 11.3 Å². The molecule has 1 aliphatic heterocycles. The summed E-state index contributed by atoms with van der Waals surface area (Å²) in [5.41, 5.74) is 0.596. The Kier molecular flexibility index (Phi) is 4.60. The van der Waals surface area contributed by atoms with Crippen LogP contribution in [0, 0.1) is 5.41 Å². The Labute approximate surface area is 105 Å². The van der Waals surface area contributed by atoms with Crippen molar-refractivity contribution in [1.29, 1.82) is 0 Å². The molecule has 2 atom stereocenters. The van der Waals surface area contributed by atoms with E-state index in [1.54, 1.807) is 0 Å². The molecule has 0 aromatic heterocycles. The molecule has 0 bridgehead atoms. The molecule has 1 nitrogen and oxygen atoms in total. The van der Waals surface area contributed by atoms with Crippen molar-refractivity contribution in [2.24, 2.45) is 5.41 Å². The van der Waals surface area contributed by atoms with Crippen molar-refractivity contribution in [2.75, 3.05) is 12.3 Å². The monoisotopic (exact) mass is 241 g/mol. The van der Waals surface area contributed by atoms with E-state index in [9.17, 15) is 0 Å². The molecule has 2 rings (SSSR count). The summed E-state index contributed by atoms with van der Waals surface area (Å²) in [7, 11) is 0. The van der Waals surface area contributed by atoms with E-state index in [2.05, 4.69) is 30.9 Å². The van der Waals surface area contributed by atoms with Crippen LogP contribution in [0.25, 0.3) is 0 Å². The first-order valence-electron chi connectivity index (χ1n) is 7.01. The third-order valence-corrected chi connectivity index (χ3v) is 5.63. The summed E-state index contributed by atoms with van der Waals surface area (Å²) in [5.74, 6) is 1.39. The van der Waals surface area contributed by atoms with Gasteiger partial charge in [0.2, 0.25) is 0 Å². The lowest BCUT2D eigenvalue weighted by atomic mass is 9.85. The van der Waals surface area contributed by atoms with Crippen molar-refractivity contribution < 1.29 is 0 Å².